The molecule has 0 fully saturated rings. The fourth-order valence-electron chi connectivity index (χ4n) is 3.00. The van der Waals surface area contributed by atoms with Crippen LogP contribution in [-0.2, 0) is 11.3 Å². The summed E-state index contributed by atoms with van der Waals surface area (Å²) in [7, 11) is 0. The van der Waals surface area contributed by atoms with Crippen molar-refractivity contribution in [3.05, 3.63) is 92.3 Å². The van der Waals surface area contributed by atoms with E-state index < -0.39 is 11.1 Å². The average molecular weight is 363 g/mol. The van der Waals surface area contributed by atoms with Crippen LogP contribution in [0.2, 0.25) is 0 Å². The van der Waals surface area contributed by atoms with Crippen LogP contribution in [0.5, 0.6) is 0 Å². The first-order valence-electron chi connectivity index (χ1n) is 8.62. The van der Waals surface area contributed by atoms with E-state index in [2.05, 4.69) is 5.32 Å². The third-order valence-electron chi connectivity index (χ3n) is 4.49. The molecular formula is C21H21N3O3. The molecule has 0 saturated heterocycles. The maximum atomic E-state index is 12.5. The van der Waals surface area contributed by atoms with Gasteiger partial charge in [0.2, 0.25) is 5.91 Å². The van der Waals surface area contributed by atoms with Crippen molar-refractivity contribution in [3.8, 4) is 5.69 Å². The summed E-state index contributed by atoms with van der Waals surface area (Å²) in [5.41, 5.74) is 2.69. The van der Waals surface area contributed by atoms with Gasteiger partial charge < -0.3 is 5.32 Å². The summed E-state index contributed by atoms with van der Waals surface area (Å²) < 4.78 is 2.43. The molecule has 1 aromatic heterocycles. The molecule has 2 aromatic carbocycles. The number of aromatic nitrogens is 2. The average Bonchev–Trinajstić information content (AvgIpc) is 2.63. The Morgan fingerprint density at radius 2 is 1.48 bits per heavy atom. The molecule has 0 atom stereocenters. The van der Waals surface area contributed by atoms with Crippen molar-refractivity contribution in [2.75, 3.05) is 5.32 Å². The first-order valence-corrected chi connectivity index (χ1v) is 8.62. The lowest BCUT2D eigenvalue weighted by Gasteiger charge is -2.13. The molecule has 0 bridgehead atoms. The number of aryl methyl sites for hydroxylation is 3. The van der Waals surface area contributed by atoms with Gasteiger partial charge in [-0.1, -0.05) is 36.4 Å². The number of hydrogen-bond donors (Lipinski definition) is 1. The molecule has 3 rings (SSSR count). The molecule has 1 amide bonds. The van der Waals surface area contributed by atoms with Gasteiger partial charge in [-0.15, -0.1) is 0 Å². The van der Waals surface area contributed by atoms with Crippen molar-refractivity contribution in [3.63, 3.8) is 0 Å². The highest BCUT2D eigenvalue weighted by Gasteiger charge is 2.12. The fourth-order valence-corrected chi connectivity index (χ4v) is 3.00. The number of carbonyl (C=O) groups is 1. The molecule has 3 aromatic rings. The lowest BCUT2D eigenvalue weighted by molar-refractivity contribution is -0.116. The Bertz CT molecular complexity index is 1110. The molecule has 6 nitrogen and oxygen atoms in total. The van der Waals surface area contributed by atoms with E-state index >= 15 is 0 Å². The second kappa shape index (κ2) is 7.45. The fraction of sp³-hybridized carbons (Fsp3) is 0.190. The van der Waals surface area contributed by atoms with Crippen molar-refractivity contribution in [2.45, 2.75) is 27.3 Å². The Hall–Kier alpha value is -3.41. The van der Waals surface area contributed by atoms with Gasteiger partial charge in [0, 0.05) is 18.1 Å². The van der Waals surface area contributed by atoms with Crippen LogP contribution in [0.4, 0.5) is 5.69 Å². The quantitative estimate of drug-likeness (QED) is 0.724. The number of para-hydroxylation sites is 2. The predicted molar refractivity (Wildman–Crippen MR) is 106 cm³/mol. The summed E-state index contributed by atoms with van der Waals surface area (Å²) in [6.07, 6.45) is 2.97. The van der Waals surface area contributed by atoms with E-state index in [0.29, 0.717) is 5.69 Å². The molecule has 0 spiro atoms. The summed E-state index contributed by atoms with van der Waals surface area (Å²) in [4.78, 5) is 37.3. The van der Waals surface area contributed by atoms with Crippen LogP contribution in [-0.4, -0.2) is 15.0 Å². The Morgan fingerprint density at radius 1 is 0.852 bits per heavy atom. The zero-order chi connectivity index (χ0) is 19.6. The number of carbonyl (C=O) groups excluding carboxylic acids is 1. The summed E-state index contributed by atoms with van der Waals surface area (Å²) in [5.74, 6) is -0.359. The van der Waals surface area contributed by atoms with Gasteiger partial charge in [0.05, 0.1) is 5.69 Å². The minimum Gasteiger partial charge on any atom is -0.324 e. The summed E-state index contributed by atoms with van der Waals surface area (Å²) in [5, 5.41) is 2.82. The number of hydrogen-bond acceptors (Lipinski definition) is 3. The number of nitrogens with zero attached hydrogens (tertiary/aromatic N) is 2. The molecule has 0 radical (unpaired) electrons. The van der Waals surface area contributed by atoms with Crippen LogP contribution in [0.25, 0.3) is 5.69 Å². The van der Waals surface area contributed by atoms with Crippen LogP contribution in [0.15, 0.2) is 64.4 Å². The number of rotatable bonds is 4. The minimum atomic E-state index is -0.739. The Balaban J connectivity index is 1.88. The van der Waals surface area contributed by atoms with E-state index in [1.54, 1.807) is 12.1 Å². The van der Waals surface area contributed by atoms with Gasteiger partial charge in [-0.2, -0.15) is 0 Å². The second-order valence-corrected chi connectivity index (χ2v) is 6.51. The summed E-state index contributed by atoms with van der Waals surface area (Å²) in [6, 6.07) is 13.0. The highest BCUT2D eigenvalue weighted by Crippen LogP contribution is 2.19. The van der Waals surface area contributed by atoms with Crippen LogP contribution >= 0.6 is 0 Å². The van der Waals surface area contributed by atoms with Gasteiger partial charge in [0.15, 0.2) is 0 Å². The van der Waals surface area contributed by atoms with Gasteiger partial charge in [0.1, 0.15) is 6.54 Å². The monoisotopic (exact) mass is 363 g/mol. The van der Waals surface area contributed by atoms with E-state index in [9.17, 15) is 14.4 Å². The first-order chi connectivity index (χ1) is 12.9. The molecule has 1 heterocycles. The minimum absolute atomic E-state index is 0.226. The highest BCUT2D eigenvalue weighted by molar-refractivity contribution is 5.92. The zero-order valence-corrected chi connectivity index (χ0v) is 15.5. The molecule has 0 aliphatic carbocycles. The molecule has 0 aliphatic heterocycles. The van der Waals surface area contributed by atoms with Gasteiger partial charge in [-0.25, -0.2) is 0 Å². The Kier molecular flexibility index (Phi) is 5.07. The molecule has 0 unspecified atom stereocenters. The molecule has 0 saturated carbocycles. The number of anilines is 1. The summed E-state index contributed by atoms with van der Waals surface area (Å²) >= 11 is 0. The third kappa shape index (κ3) is 3.74. The lowest BCUT2D eigenvalue weighted by Crippen LogP contribution is -2.41. The van der Waals surface area contributed by atoms with Gasteiger partial charge in [-0.05, 0) is 43.5 Å². The van der Waals surface area contributed by atoms with Crippen molar-refractivity contribution < 1.29 is 4.79 Å². The van der Waals surface area contributed by atoms with Crippen molar-refractivity contribution in [2.24, 2.45) is 0 Å². The van der Waals surface area contributed by atoms with Crippen LogP contribution in [0.3, 0.4) is 0 Å². The van der Waals surface area contributed by atoms with E-state index in [1.807, 2.05) is 51.1 Å². The molecule has 138 valence electrons. The first kappa shape index (κ1) is 18.4. The van der Waals surface area contributed by atoms with Gasteiger partial charge in [0.25, 0.3) is 0 Å². The smallest absolute Gasteiger partial charge is 0.320 e. The van der Waals surface area contributed by atoms with Crippen LogP contribution in [0, 0.1) is 20.8 Å². The number of amides is 1. The van der Waals surface area contributed by atoms with Gasteiger partial charge in [-0.3, -0.25) is 23.5 Å². The van der Waals surface area contributed by atoms with Gasteiger partial charge >= 0.3 is 11.1 Å². The van der Waals surface area contributed by atoms with E-state index in [1.165, 1.54) is 17.0 Å². The third-order valence-corrected chi connectivity index (χ3v) is 4.49. The Morgan fingerprint density at radius 3 is 2.15 bits per heavy atom. The maximum Gasteiger partial charge on any atom is 0.320 e. The second-order valence-electron chi connectivity index (χ2n) is 6.51. The van der Waals surface area contributed by atoms with Crippen LogP contribution in [0.1, 0.15) is 16.7 Å². The molecule has 1 N–H and O–H groups in total. The number of benzene rings is 2. The van der Waals surface area contributed by atoms with E-state index in [0.717, 1.165) is 26.9 Å². The topological polar surface area (TPSA) is 73.1 Å². The molecule has 6 heteroatoms. The molecule has 27 heavy (non-hydrogen) atoms. The zero-order valence-electron chi connectivity index (χ0n) is 15.5. The normalized spacial score (nSPS) is 10.6. The largest absolute Gasteiger partial charge is 0.324 e. The maximum absolute atomic E-state index is 12.5. The highest BCUT2D eigenvalue weighted by atomic mass is 16.2. The number of nitrogens with one attached hydrogen (secondary N) is 1. The van der Waals surface area contributed by atoms with Crippen molar-refractivity contribution >= 4 is 11.6 Å². The Labute approximate surface area is 156 Å². The van der Waals surface area contributed by atoms with E-state index in [-0.39, 0.29) is 12.5 Å². The lowest BCUT2D eigenvalue weighted by atomic mass is 10.1. The molecular weight excluding hydrogens is 342 g/mol. The van der Waals surface area contributed by atoms with E-state index in [4.69, 9.17) is 0 Å². The van der Waals surface area contributed by atoms with Crippen LogP contribution < -0.4 is 16.4 Å². The SMILES string of the molecule is Cc1ccccc1-n1ccn(CC(=O)Nc2c(C)cccc2C)c(=O)c1=O. The van der Waals surface area contributed by atoms with Crippen molar-refractivity contribution in [1.82, 2.24) is 9.13 Å². The summed E-state index contributed by atoms with van der Waals surface area (Å²) in [6.45, 7) is 5.44. The van der Waals surface area contributed by atoms with Crippen molar-refractivity contribution in [1.29, 1.82) is 0 Å². The molecule has 0 aliphatic rings. The predicted octanol–water partition coefficient (Wildman–Crippen LogP) is 2.56. The standard InChI is InChI=1S/C21H21N3O3/c1-14-7-4-5-10-17(14)24-12-11-23(20(26)21(24)27)13-18(25)22-19-15(2)8-6-9-16(19)3/h4-12H,13H2,1-3H3,(H,22,25).